The first-order chi connectivity index (χ1) is 12.8. The fourth-order valence-electron chi connectivity index (χ4n) is 3.15. The Morgan fingerprint density at radius 2 is 2.11 bits per heavy atom. The summed E-state index contributed by atoms with van der Waals surface area (Å²) in [6.45, 7) is 2.91. The molecule has 1 amide bonds. The first-order valence-electron chi connectivity index (χ1n) is 8.84. The molecule has 0 spiro atoms. The molecule has 0 aliphatic carbocycles. The van der Waals surface area contributed by atoms with Crippen LogP contribution in [0, 0.1) is 6.92 Å². The summed E-state index contributed by atoms with van der Waals surface area (Å²) in [5, 5.41) is 0. The van der Waals surface area contributed by atoms with Crippen molar-refractivity contribution < 1.29 is 22.7 Å². The number of alkyl halides is 3. The second-order valence-corrected chi connectivity index (χ2v) is 6.74. The van der Waals surface area contributed by atoms with Gasteiger partial charge in [-0.2, -0.15) is 13.2 Å². The van der Waals surface area contributed by atoms with Crippen molar-refractivity contribution in [3.8, 4) is 5.88 Å². The number of hydrogen-bond acceptors (Lipinski definition) is 3. The van der Waals surface area contributed by atoms with Crippen molar-refractivity contribution in [1.82, 2.24) is 9.88 Å². The minimum absolute atomic E-state index is 0.0274. The summed E-state index contributed by atoms with van der Waals surface area (Å²) in [7, 11) is 0. The summed E-state index contributed by atoms with van der Waals surface area (Å²) in [6, 6.07) is 9.83. The predicted octanol–water partition coefficient (Wildman–Crippen LogP) is 4.02. The number of likely N-dealkylation sites (tertiary alicyclic amines) is 1. The Morgan fingerprint density at radius 3 is 2.85 bits per heavy atom. The number of aromatic nitrogens is 1. The number of aryl methyl sites for hydroxylation is 2. The van der Waals surface area contributed by atoms with E-state index in [0.717, 1.165) is 29.5 Å². The predicted molar refractivity (Wildman–Crippen MR) is 94.4 cm³/mol. The van der Waals surface area contributed by atoms with Crippen LogP contribution in [0.3, 0.4) is 0 Å². The van der Waals surface area contributed by atoms with Gasteiger partial charge >= 0.3 is 6.18 Å². The topological polar surface area (TPSA) is 42.4 Å². The molecule has 0 saturated carbocycles. The lowest BCUT2D eigenvalue weighted by atomic mass is 10.1. The van der Waals surface area contributed by atoms with Crippen molar-refractivity contribution >= 4 is 5.91 Å². The molecule has 1 aliphatic rings. The van der Waals surface area contributed by atoms with Crippen LogP contribution in [0.15, 0.2) is 42.6 Å². The average Bonchev–Trinajstić information content (AvgIpc) is 3.08. The first kappa shape index (κ1) is 19.2. The van der Waals surface area contributed by atoms with Gasteiger partial charge in [-0.25, -0.2) is 4.98 Å². The summed E-state index contributed by atoms with van der Waals surface area (Å²) in [4.78, 5) is 17.9. The molecule has 4 nitrogen and oxygen atoms in total. The molecule has 1 aromatic heterocycles. The molecule has 0 bridgehead atoms. The van der Waals surface area contributed by atoms with E-state index < -0.39 is 11.7 Å². The molecule has 1 aliphatic heterocycles. The molecule has 1 saturated heterocycles. The third-order valence-corrected chi connectivity index (χ3v) is 4.56. The smallest absolute Gasteiger partial charge is 0.416 e. The number of rotatable bonds is 5. The summed E-state index contributed by atoms with van der Waals surface area (Å²) in [5.74, 6) is -0.0384. The Balaban J connectivity index is 1.52. The van der Waals surface area contributed by atoms with E-state index in [0.29, 0.717) is 32.4 Å². The Morgan fingerprint density at radius 1 is 1.30 bits per heavy atom. The molecule has 27 heavy (non-hydrogen) atoms. The lowest BCUT2D eigenvalue weighted by Crippen LogP contribution is -2.31. The van der Waals surface area contributed by atoms with Crippen LogP contribution in [-0.4, -0.2) is 35.0 Å². The Kier molecular flexibility index (Phi) is 5.68. The molecule has 0 radical (unpaired) electrons. The molecule has 1 fully saturated rings. The molecule has 2 aromatic rings. The van der Waals surface area contributed by atoms with E-state index in [4.69, 9.17) is 4.74 Å². The monoisotopic (exact) mass is 378 g/mol. The first-order valence-corrected chi connectivity index (χ1v) is 8.84. The van der Waals surface area contributed by atoms with Gasteiger partial charge in [-0.15, -0.1) is 0 Å². The van der Waals surface area contributed by atoms with Crippen LogP contribution < -0.4 is 4.74 Å². The summed E-state index contributed by atoms with van der Waals surface area (Å²) in [6.07, 6.45) is -2.06. The van der Waals surface area contributed by atoms with Gasteiger partial charge in [0.15, 0.2) is 0 Å². The zero-order valence-corrected chi connectivity index (χ0v) is 15.0. The van der Waals surface area contributed by atoms with Gasteiger partial charge in [0.2, 0.25) is 11.8 Å². The number of amides is 1. The van der Waals surface area contributed by atoms with Gasteiger partial charge in [0, 0.05) is 31.6 Å². The number of hydrogen-bond donors (Lipinski definition) is 0. The highest BCUT2D eigenvalue weighted by molar-refractivity contribution is 5.76. The van der Waals surface area contributed by atoms with E-state index in [1.54, 1.807) is 4.90 Å². The van der Waals surface area contributed by atoms with Gasteiger partial charge in [-0.05, 0) is 25.0 Å². The number of carbonyl (C=O) groups is 1. The quantitative estimate of drug-likeness (QED) is 0.789. The van der Waals surface area contributed by atoms with E-state index in [1.165, 1.54) is 0 Å². The van der Waals surface area contributed by atoms with Crippen LogP contribution in [0.5, 0.6) is 5.88 Å². The summed E-state index contributed by atoms with van der Waals surface area (Å²) < 4.78 is 43.9. The van der Waals surface area contributed by atoms with Crippen LogP contribution in [0.4, 0.5) is 13.2 Å². The lowest BCUT2D eigenvalue weighted by molar-refractivity contribution is -0.137. The number of benzene rings is 1. The molecular formula is C20H21F3N2O2. The van der Waals surface area contributed by atoms with Gasteiger partial charge in [0.25, 0.3) is 0 Å². The number of ether oxygens (including phenoxy) is 1. The van der Waals surface area contributed by atoms with E-state index >= 15 is 0 Å². The Bertz CT molecular complexity index is 808. The average molecular weight is 378 g/mol. The largest absolute Gasteiger partial charge is 0.472 e. The van der Waals surface area contributed by atoms with E-state index in [2.05, 4.69) is 11.1 Å². The molecule has 1 unspecified atom stereocenters. The van der Waals surface area contributed by atoms with Crippen LogP contribution >= 0.6 is 0 Å². The standard InChI is InChI=1S/C20H21F3N2O2/c1-14-3-2-4-15(11-14)5-6-19(26)25-10-8-17(13-25)27-18-12-16(7-9-24-18)20(21,22)23/h2-4,7,9,11-12,17H,5-6,8,10,13H2,1H3. The van der Waals surface area contributed by atoms with E-state index in [-0.39, 0.29) is 17.9 Å². The third kappa shape index (κ3) is 5.21. The summed E-state index contributed by atoms with van der Waals surface area (Å²) >= 11 is 0. The van der Waals surface area contributed by atoms with Crippen molar-refractivity contribution in [2.75, 3.05) is 13.1 Å². The fraction of sp³-hybridized carbons (Fsp3) is 0.400. The molecular weight excluding hydrogens is 357 g/mol. The highest BCUT2D eigenvalue weighted by atomic mass is 19.4. The van der Waals surface area contributed by atoms with Crippen molar-refractivity contribution in [3.05, 3.63) is 59.3 Å². The molecule has 7 heteroatoms. The van der Waals surface area contributed by atoms with Crippen LogP contribution in [0.25, 0.3) is 0 Å². The Labute approximate surface area is 156 Å². The van der Waals surface area contributed by atoms with E-state index in [1.807, 2.05) is 25.1 Å². The maximum Gasteiger partial charge on any atom is 0.416 e. The number of carbonyl (C=O) groups excluding carboxylic acids is 1. The number of halogens is 3. The Hall–Kier alpha value is -2.57. The van der Waals surface area contributed by atoms with Gasteiger partial charge < -0.3 is 9.64 Å². The van der Waals surface area contributed by atoms with Crippen molar-refractivity contribution in [3.63, 3.8) is 0 Å². The van der Waals surface area contributed by atoms with Crippen molar-refractivity contribution in [2.45, 2.75) is 38.5 Å². The zero-order chi connectivity index (χ0) is 19.4. The van der Waals surface area contributed by atoms with Crippen molar-refractivity contribution in [2.24, 2.45) is 0 Å². The van der Waals surface area contributed by atoms with Gasteiger partial charge in [0.05, 0.1) is 12.1 Å². The van der Waals surface area contributed by atoms with Crippen molar-refractivity contribution in [1.29, 1.82) is 0 Å². The molecule has 1 aromatic carbocycles. The highest BCUT2D eigenvalue weighted by Gasteiger charge is 2.32. The maximum atomic E-state index is 12.8. The third-order valence-electron chi connectivity index (χ3n) is 4.56. The number of nitrogens with zero attached hydrogens (tertiary/aromatic N) is 2. The highest BCUT2D eigenvalue weighted by Crippen LogP contribution is 2.31. The van der Waals surface area contributed by atoms with Gasteiger partial charge in [-0.3, -0.25) is 4.79 Å². The maximum absolute atomic E-state index is 12.8. The minimum Gasteiger partial charge on any atom is -0.472 e. The second-order valence-electron chi connectivity index (χ2n) is 6.74. The minimum atomic E-state index is -4.44. The molecule has 144 valence electrons. The van der Waals surface area contributed by atoms with Crippen LogP contribution in [0.1, 0.15) is 29.5 Å². The van der Waals surface area contributed by atoms with Crippen LogP contribution in [-0.2, 0) is 17.4 Å². The van der Waals surface area contributed by atoms with Gasteiger partial charge in [-0.1, -0.05) is 29.8 Å². The lowest BCUT2D eigenvalue weighted by Gasteiger charge is -2.17. The molecule has 2 heterocycles. The molecule has 3 rings (SSSR count). The molecule has 0 N–H and O–H groups in total. The fourth-order valence-corrected chi connectivity index (χ4v) is 3.15. The SMILES string of the molecule is Cc1cccc(CCC(=O)N2CCC(Oc3cc(C(F)(F)F)ccn3)C2)c1. The molecule has 1 atom stereocenters. The van der Waals surface area contributed by atoms with Crippen LogP contribution in [0.2, 0.25) is 0 Å². The summed E-state index contributed by atoms with van der Waals surface area (Å²) in [5.41, 5.74) is 1.48. The van der Waals surface area contributed by atoms with Gasteiger partial charge in [0.1, 0.15) is 6.10 Å². The zero-order valence-electron chi connectivity index (χ0n) is 15.0. The normalized spacial score (nSPS) is 17.2. The number of pyridine rings is 1. The van der Waals surface area contributed by atoms with E-state index in [9.17, 15) is 18.0 Å². The second kappa shape index (κ2) is 7.98.